The average molecular weight is 283 g/mol. The Kier molecular flexibility index (Phi) is 5.22. The van der Waals surface area contributed by atoms with Crippen LogP contribution in [0.15, 0.2) is 24.3 Å². The number of hydrogen-bond donors (Lipinski definition) is 1. The van der Waals surface area contributed by atoms with Crippen molar-refractivity contribution in [2.45, 2.75) is 37.9 Å². The van der Waals surface area contributed by atoms with E-state index in [4.69, 9.17) is 22.1 Å². The number of benzene rings is 1. The molecule has 1 aromatic rings. The highest BCUT2D eigenvalue weighted by atomic mass is 35.5. The summed E-state index contributed by atoms with van der Waals surface area (Å²) < 4.78 is 5.44. The van der Waals surface area contributed by atoms with Crippen molar-refractivity contribution in [1.29, 1.82) is 0 Å². The third kappa shape index (κ3) is 3.48. The molecule has 1 aromatic carbocycles. The van der Waals surface area contributed by atoms with Crippen molar-refractivity contribution in [3.05, 3.63) is 34.9 Å². The first-order valence-electron chi connectivity index (χ1n) is 6.91. The van der Waals surface area contributed by atoms with Crippen LogP contribution in [0.3, 0.4) is 0 Å². The molecule has 106 valence electrons. The van der Waals surface area contributed by atoms with E-state index in [9.17, 15) is 0 Å². The summed E-state index contributed by atoms with van der Waals surface area (Å²) in [5, 5.41) is 0.795. The Morgan fingerprint density at radius 2 is 1.95 bits per heavy atom. The highest BCUT2D eigenvalue weighted by Crippen LogP contribution is 2.31. The smallest absolute Gasteiger partial charge is 0.0511 e. The van der Waals surface area contributed by atoms with Crippen LogP contribution in [-0.4, -0.2) is 37.2 Å². The van der Waals surface area contributed by atoms with Crippen molar-refractivity contribution in [2.24, 2.45) is 5.73 Å². The summed E-state index contributed by atoms with van der Waals surface area (Å²) >= 11 is 6.34. The van der Waals surface area contributed by atoms with E-state index < -0.39 is 0 Å². The Labute approximate surface area is 120 Å². The SMILES string of the molecule is CC(N)C(c1ccccc1Cl)N(C)C1CCOCC1. The van der Waals surface area contributed by atoms with Crippen molar-refractivity contribution >= 4 is 11.6 Å². The molecule has 0 spiro atoms. The van der Waals surface area contributed by atoms with Crippen molar-refractivity contribution in [3.8, 4) is 0 Å². The zero-order chi connectivity index (χ0) is 13.8. The Morgan fingerprint density at radius 1 is 1.32 bits per heavy atom. The lowest BCUT2D eigenvalue weighted by molar-refractivity contribution is 0.0246. The van der Waals surface area contributed by atoms with Crippen LogP contribution in [0.4, 0.5) is 0 Å². The van der Waals surface area contributed by atoms with Crippen LogP contribution in [0.25, 0.3) is 0 Å². The molecule has 2 rings (SSSR count). The molecular weight excluding hydrogens is 260 g/mol. The minimum atomic E-state index is 0.0349. The molecule has 2 N–H and O–H groups in total. The van der Waals surface area contributed by atoms with Crippen molar-refractivity contribution in [2.75, 3.05) is 20.3 Å². The second-order valence-corrected chi connectivity index (χ2v) is 5.74. The summed E-state index contributed by atoms with van der Waals surface area (Å²) in [7, 11) is 2.15. The molecule has 1 aliphatic heterocycles. The predicted octanol–water partition coefficient (Wildman–Crippen LogP) is 2.84. The molecule has 1 heterocycles. The van der Waals surface area contributed by atoms with E-state index in [2.05, 4.69) is 18.0 Å². The van der Waals surface area contributed by atoms with Gasteiger partial charge in [-0.05, 0) is 38.4 Å². The summed E-state index contributed by atoms with van der Waals surface area (Å²) in [5.74, 6) is 0. The van der Waals surface area contributed by atoms with Gasteiger partial charge in [0.2, 0.25) is 0 Å². The molecule has 2 unspecified atom stereocenters. The molecule has 19 heavy (non-hydrogen) atoms. The van der Waals surface area contributed by atoms with Crippen LogP contribution in [0, 0.1) is 0 Å². The van der Waals surface area contributed by atoms with Crippen LogP contribution in [-0.2, 0) is 4.74 Å². The second-order valence-electron chi connectivity index (χ2n) is 5.33. The number of hydrogen-bond acceptors (Lipinski definition) is 3. The molecule has 2 atom stereocenters. The number of nitrogens with two attached hydrogens (primary N) is 1. The number of halogens is 1. The molecule has 0 radical (unpaired) electrons. The van der Waals surface area contributed by atoms with E-state index in [0.29, 0.717) is 6.04 Å². The lowest BCUT2D eigenvalue weighted by Gasteiger charge is -2.39. The van der Waals surface area contributed by atoms with Gasteiger partial charge in [-0.2, -0.15) is 0 Å². The van der Waals surface area contributed by atoms with Gasteiger partial charge in [0, 0.05) is 30.3 Å². The molecule has 0 amide bonds. The molecule has 1 aliphatic rings. The molecule has 0 saturated carbocycles. The first-order valence-corrected chi connectivity index (χ1v) is 7.28. The Balaban J connectivity index is 2.22. The summed E-state index contributed by atoms with van der Waals surface area (Å²) in [5.41, 5.74) is 7.33. The fourth-order valence-corrected chi connectivity index (χ4v) is 3.16. The first-order chi connectivity index (χ1) is 9.11. The molecule has 0 aliphatic carbocycles. The molecular formula is C15H23ClN2O. The maximum Gasteiger partial charge on any atom is 0.0511 e. The van der Waals surface area contributed by atoms with E-state index in [-0.39, 0.29) is 12.1 Å². The van der Waals surface area contributed by atoms with Gasteiger partial charge >= 0.3 is 0 Å². The molecule has 4 heteroatoms. The lowest BCUT2D eigenvalue weighted by Crippen LogP contribution is -2.45. The van der Waals surface area contributed by atoms with Gasteiger partial charge < -0.3 is 10.5 Å². The largest absolute Gasteiger partial charge is 0.381 e. The Bertz CT molecular complexity index is 405. The molecule has 1 saturated heterocycles. The number of ether oxygens (including phenoxy) is 1. The zero-order valence-corrected chi connectivity index (χ0v) is 12.4. The maximum absolute atomic E-state index is 6.34. The minimum Gasteiger partial charge on any atom is -0.381 e. The summed E-state index contributed by atoms with van der Waals surface area (Å²) in [6.45, 7) is 3.72. The van der Waals surface area contributed by atoms with Crippen molar-refractivity contribution in [1.82, 2.24) is 4.90 Å². The number of nitrogens with zero attached hydrogens (tertiary/aromatic N) is 1. The number of rotatable bonds is 4. The molecule has 3 nitrogen and oxygen atoms in total. The highest BCUT2D eigenvalue weighted by Gasteiger charge is 2.29. The minimum absolute atomic E-state index is 0.0349. The van der Waals surface area contributed by atoms with Crippen LogP contribution in [0.5, 0.6) is 0 Å². The third-order valence-corrected chi connectivity index (χ3v) is 4.27. The fourth-order valence-electron chi connectivity index (χ4n) is 2.91. The summed E-state index contributed by atoms with van der Waals surface area (Å²) in [4.78, 5) is 2.37. The van der Waals surface area contributed by atoms with Gasteiger partial charge in [0.15, 0.2) is 0 Å². The Hall–Kier alpha value is -0.610. The van der Waals surface area contributed by atoms with Gasteiger partial charge in [-0.3, -0.25) is 4.90 Å². The average Bonchev–Trinajstić information content (AvgIpc) is 2.42. The zero-order valence-electron chi connectivity index (χ0n) is 11.7. The predicted molar refractivity (Wildman–Crippen MR) is 79.4 cm³/mol. The van der Waals surface area contributed by atoms with E-state index in [0.717, 1.165) is 36.6 Å². The van der Waals surface area contributed by atoms with Crippen LogP contribution in [0.2, 0.25) is 5.02 Å². The molecule has 0 bridgehead atoms. The van der Waals surface area contributed by atoms with Crippen molar-refractivity contribution in [3.63, 3.8) is 0 Å². The van der Waals surface area contributed by atoms with Gasteiger partial charge in [-0.1, -0.05) is 29.8 Å². The van der Waals surface area contributed by atoms with E-state index in [1.54, 1.807) is 0 Å². The molecule has 1 fully saturated rings. The van der Waals surface area contributed by atoms with Gasteiger partial charge in [0.25, 0.3) is 0 Å². The maximum atomic E-state index is 6.34. The first kappa shape index (κ1) is 14.8. The summed E-state index contributed by atoms with van der Waals surface area (Å²) in [6.07, 6.45) is 2.12. The standard InChI is InChI=1S/C15H23ClN2O/c1-11(17)15(13-5-3-4-6-14(13)16)18(2)12-7-9-19-10-8-12/h3-6,11-12,15H,7-10,17H2,1-2H3. The van der Waals surface area contributed by atoms with Crippen LogP contribution >= 0.6 is 11.6 Å². The van der Waals surface area contributed by atoms with Crippen molar-refractivity contribution < 1.29 is 4.74 Å². The lowest BCUT2D eigenvalue weighted by atomic mass is 9.96. The van der Waals surface area contributed by atoms with Crippen LogP contribution < -0.4 is 5.73 Å². The normalized spacial score (nSPS) is 20.5. The quantitative estimate of drug-likeness (QED) is 0.923. The molecule has 0 aromatic heterocycles. The third-order valence-electron chi connectivity index (χ3n) is 3.93. The second kappa shape index (κ2) is 6.71. The summed E-state index contributed by atoms with van der Waals surface area (Å²) in [6, 6.07) is 8.69. The van der Waals surface area contributed by atoms with Gasteiger partial charge in [-0.25, -0.2) is 0 Å². The fraction of sp³-hybridized carbons (Fsp3) is 0.600. The van der Waals surface area contributed by atoms with E-state index in [1.807, 2.05) is 25.1 Å². The van der Waals surface area contributed by atoms with E-state index in [1.165, 1.54) is 0 Å². The monoisotopic (exact) mass is 282 g/mol. The van der Waals surface area contributed by atoms with E-state index >= 15 is 0 Å². The van der Waals surface area contributed by atoms with Crippen LogP contribution in [0.1, 0.15) is 31.4 Å². The van der Waals surface area contributed by atoms with Gasteiger partial charge in [-0.15, -0.1) is 0 Å². The van der Waals surface area contributed by atoms with Gasteiger partial charge in [0.05, 0.1) is 6.04 Å². The van der Waals surface area contributed by atoms with Gasteiger partial charge in [0.1, 0.15) is 0 Å². The Morgan fingerprint density at radius 3 is 2.53 bits per heavy atom. The highest BCUT2D eigenvalue weighted by molar-refractivity contribution is 6.31. The topological polar surface area (TPSA) is 38.5 Å². The number of likely N-dealkylation sites (N-methyl/N-ethyl adjacent to an activating group) is 1.